The zero-order chi connectivity index (χ0) is 14.3. The second kappa shape index (κ2) is 5.51. The Morgan fingerprint density at radius 3 is 3.00 bits per heavy atom. The summed E-state index contributed by atoms with van der Waals surface area (Å²) < 4.78 is 1.84. The van der Waals surface area contributed by atoms with Gasteiger partial charge in [-0.15, -0.1) is 0 Å². The van der Waals surface area contributed by atoms with Gasteiger partial charge in [0, 0.05) is 34.2 Å². The number of urea groups is 1. The number of rotatable bonds is 1. The smallest absolute Gasteiger partial charge is 0.317 e. The molecule has 2 saturated heterocycles. The lowest BCUT2D eigenvalue weighted by Crippen LogP contribution is -2.53. The number of fused-ring (bicyclic) bond motifs is 1. The minimum atomic E-state index is -0.0162. The van der Waals surface area contributed by atoms with E-state index in [0.29, 0.717) is 31.7 Å². The van der Waals surface area contributed by atoms with E-state index in [1.54, 1.807) is 0 Å². The van der Waals surface area contributed by atoms with Crippen LogP contribution in [0.25, 0.3) is 0 Å². The molecule has 0 aliphatic carbocycles. The van der Waals surface area contributed by atoms with Crippen molar-refractivity contribution in [3.8, 4) is 0 Å². The van der Waals surface area contributed by atoms with E-state index < -0.39 is 0 Å². The summed E-state index contributed by atoms with van der Waals surface area (Å²) in [4.78, 5) is 27.8. The molecule has 0 spiro atoms. The Kier molecular flexibility index (Phi) is 3.89. The van der Waals surface area contributed by atoms with Crippen LogP contribution in [-0.4, -0.2) is 54.0 Å². The van der Waals surface area contributed by atoms with Crippen LogP contribution in [-0.2, 0) is 0 Å². The molecule has 1 unspecified atom stereocenters. The van der Waals surface area contributed by atoms with Gasteiger partial charge in [-0.2, -0.15) is 0 Å². The number of hydrogen-bond acceptors (Lipinski definition) is 2. The molecule has 3 amide bonds. The third-order valence-corrected chi connectivity index (χ3v) is 5.04. The average molecular weight is 450 g/mol. The van der Waals surface area contributed by atoms with Gasteiger partial charge in [0.15, 0.2) is 0 Å². The maximum absolute atomic E-state index is 12.6. The van der Waals surface area contributed by atoms with Crippen LogP contribution in [0.15, 0.2) is 22.7 Å². The molecule has 1 aromatic carbocycles. The minimum absolute atomic E-state index is 0.0162. The molecule has 1 N–H and O–H groups in total. The van der Waals surface area contributed by atoms with Crippen LogP contribution in [0.1, 0.15) is 10.4 Å². The van der Waals surface area contributed by atoms with Gasteiger partial charge in [-0.1, -0.05) is 0 Å². The Morgan fingerprint density at radius 1 is 1.40 bits per heavy atom. The normalized spacial score (nSPS) is 21.7. The van der Waals surface area contributed by atoms with Gasteiger partial charge < -0.3 is 15.1 Å². The molecular weight excluding hydrogens is 437 g/mol. The second-order valence-electron chi connectivity index (χ2n) is 4.91. The summed E-state index contributed by atoms with van der Waals surface area (Å²) in [6.45, 7) is 2.40. The Morgan fingerprint density at radius 2 is 2.20 bits per heavy atom. The number of nitrogens with zero attached hydrogens (tertiary/aromatic N) is 2. The summed E-state index contributed by atoms with van der Waals surface area (Å²) in [6.07, 6.45) is 0. The topological polar surface area (TPSA) is 52.7 Å². The van der Waals surface area contributed by atoms with E-state index in [1.807, 2.05) is 28.0 Å². The van der Waals surface area contributed by atoms with Crippen molar-refractivity contribution < 1.29 is 9.59 Å². The lowest BCUT2D eigenvalue weighted by Gasteiger charge is -2.36. The van der Waals surface area contributed by atoms with E-state index in [0.717, 1.165) is 8.04 Å². The monoisotopic (exact) mass is 449 g/mol. The van der Waals surface area contributed by atoms with Crippen molar-refractivity contribution in [1.82, 2.24) is 15.1 Å². The minimum Gasteiger partial charge on any atom is -0.336 e. The molecular formula is C13H13BrIN3O2. The summed E-state index contributed by atoms with van der Waals surface area (Å²) >= 11 is 5.64. The SMILES string of the molecule is O=C(c1cc(I)ccc1Br)N1CCN2C(=O)NCC2C1. The van der Waals surface area contributed by atoms with E-state index >= 15 is 0 Å². The molecule has 0 bridgehead atoms. The van der Waals surface area contributed by atoms with Crippen LogP contribution in [0.4, 0.5) is 4.79 Å². The first kappa shape index (κ1) is 14.1. The Bertz CT molecular complexity index is 581. The average Bonchev–Trinajstić information content (AvgIpc) is 2.82. The summed E-state index contributed by atoms with van der Waals surface area (Å²) in [7, 11) is 0. The molecule has 106 valence electrons. The largest absolute Gasteiger partial charge is 0.336 e. The van der Waals surface area contributed by atoms with Gasteiger partial charge in [0.2, 0.25) is 0 Å². The van der Waals surface area contributed by atoms with Crippen LogP contribution in [0, 0.1) is 3.57 Å². The lowest BCUT2D eigenvalue weighted by molar-refractivity contribution is 0.0616. The highest BCUT2D eigenvalue weighted by atomic mass is 127. The predicted molar refractivity (Wildman–Crippen MR) is 86.7 cm³/mol. The molecule has 1 aromatic rings. The number of halogens is 2. The molecule has 2 heterocycles. The highest BCUT2D eigenvalue weighted by molar-refractivity contribution is 14.1. The molecule has 0 saturated carbocycles. The van der Waals surface area contributed by atoms with Crippen molar-refractivity contribution in [2.24, 2.45) is 0 Å². The lowest BCUT2D eigenvalue weighted by atomic mass is 10.1. The van der Waals surface area contributed by atoms with Gasteiger partial charge in [-0.3, -0.25) is 4.79 Å². The quantitative estimate of drug-likeness (QED) is 0.666. The summed E-state index contributed by atoms with van der Waals surface area (Å²) in [6, 6.07) is 5.82. The number of carbonyl (C=O) groups excluding carboxylic acids is 2. The zero-order valence-electron chi connectivity index (χ0n) is 10.6. The Balaban J connectivity index is 1.78. The summed E-state index contributed by atoms with van der Waals surface area (Å²) in [5.74, 6) is 0.0226. The molecule has 0 aromatic heterocycles. The van der Waals surface area contributed by atoms with Crippen LogP contribution in [0.2, 0.25) is 0 Å². The predicted octanol–water partition coefficient (Wildman–Crippen LogP) is 1.90. The van der Waals surface area contributed by atoms with Gasteiger partial charge in [-0.05, 0) is 56.7 Å². The van der Waals surface area contributed by atoms with Crippen molar-refractivity contribution in [1.29, 1.82) is 0 Å². The molecule has 2 fully saturated rings. The number of hydrogen-bond donors (Lipinski definition) is 1. The van der Waals surface area contributed by atoms with Crippen molar-refractivity contribution in [3.63, 3.8) is 0 Å². The van der Waals surface area contributed by atoms with Crippen LogP contribution < -0.4 is 5.32 Å². The number of carbonyl (C=O) groups is 2. The molecule has 2 aliphatic rings. The number of benzene rings is 1. The molecule has 2 aliphatic heterocycles. The molecule has 5 nitrogen and oxygen atoms in total. The van der Waals surface area contributed by atoms with Crippen LogP contribution in [0.3, 0.4) is 0 Å². The van der Waals surface area contributed by atoms with Crippen LogP contribution >= 0.6 is 38.5 Å². The number of piperazine rings is 1. The molecule has 3 rings (SSSR count). The fourth-order valence-electron chi connectivity index (χ4n) is 2.62. The van der Waals surface area contributed by atoms with E-state index in [1.165, 1.54) is 0 Å². The molecule has 20 heavy (non-hydrogen) atoms. The maximum Gasteiger partial charge on any atom is 0.317 e. The second-order valence-corrected chi connectivity index (χ2v) is 7.01. The summed E-state index contributed by atoms with van der Waals surface area (Å²) in [5.41, 5.74) is 0.683. The van der Waals surface area contributed by atoms with Crippen LogP contribution in [0.5, 0.6) is 0 Å². The summed E-state index contributed by atoms with van der Waals surface area (Å²) in [5, 5.41) is 2.82. The zero-order valence-corrected chi connectivity index (χ0v) is 14.3. The Hall–Kier alpha value is -0.830. The van der Waals surface area contributed by atoms with Gasteiger partial charge in [0.05, 0.1) is 11.6 Å². The van der Waals surface area contributed by atoms with Gasteiger partial charge >= 0.3 is 6.03 Å². The van der Waals surface area contributed by atoms with Crippen molar-refractivity contribution in [3.05, 3.63) is 31.8 Å². The van der Waals surface area contributed by atoms with E-state index in [4.69, 9.17) is 0 Å². The molecule has 7 heteroatoms. The van der Waals surface area contributed by atoms with Crippen molar-refractivity contribution >= 4 is 50.5 Å². The van der Waals surface area contributed by atoms with Crippen molar-refractivity contribution in [2.45, 2.75) is 6.04 Å². The third kappa shape index (κ3) is 2.52. The van der Waals surface area contributed by atoms with E-state index in [2.05, 4.69) is 43.8 Å². The fraction of sp³-hybridized carbons (Fsp3) is 0.385. The van der Waals surface area contributed by atoms with Gasteiger partial charge in [0.1, 0.15) is 0 Å². The first-order chi connectivity index (χ1) is 9.56. The first-order valence-corrected chi connectivity index (χ1v) is 8.22. The van der Waals surface area contributed by atoms with E-state index in [-0.39, 0.29) is 18.0 Å². The van der Waals surface area contributed by atoms with Gasteiger partial charge in [0.25, 0.3) is 5.91 Å². The van der Waals surface area contributed by atoms with Gasteiger partial charge in [-0.25, -0.2) is 4.79 Å². The maximum atomic E-state index is 12.6. The molecule has 1 atom stereocenters. The first-order valence-electron chi connectivity index (χ1n) is 6.35. The van der Waals surface area contributed by atoms with E-state index in [9.17, 15) is 9.59 Å². The highest BCUT2D eigenvalue weighted by Crippen LogP contribution is 2.23. The fourth-order valence-corrected chi connectivity index (χ4v) is 3.53. The number of nitrogens with one attached hydrogen (secondary N) is 1. The Labute approximate surface area is 138 Å². The standard InChI is InChI=1S/C13H13BrIN3O2/c14-11-2-1-8(15)5-10(11)12(19)17-3-4-18-9(7-17)6-16-13(18)20/h1-2,5,9H,3-4,6-7H2,(H,16,20). The van der Waals surface area contributed by atoms with Crippen molar-refractivity contribution in [2.75, 3.05) is 26.2 Å². The molecule has 0 radical (unpaired) electrons. The highest BCUT2D eigenvalue weighted by Gasteiger charge is 2.37. The third-order valence-electron chi connectivity index (χ3n) is 3.68. The number of amides is 3.